The van der Waals surface area contributed by atoms with E-state index < -0.39 is 0 Å². The number of aromatic nitrogens is 3. The number of hydrogen-bond acceptors (Lipinski definition) is 7. The molecule has 1 atom stereocenters. The van der Waals surface area contributed by atoms with E-state index in [0.29, 0.717) is 11.6 Å². The number of piperazine rings is 1. The molecule has 3 heterocycles. The first kappa shape index (κ1) is 22.0. The van der Waals surface area contributed by atoms with Crippen molar-refractivity contribution < 1.29 is 0 Å². The molecule has 0 bridgehead atoms. The van der Waals surface area contributed by atoms with E-state index >= 15 is 0 Å². The average Bonchev–Trinajstić information content (AvgIpc) is 2.81. The van der Waals surface area contributed by atoms with Crippen LogP contribution in [0.5, 0.6) is 0 Å². The highest BCUT2D eigenvalue weighted by molar-refractivity contribution is 5.94. The number of rotatable bonds is 5. The van der Waals surface area contributed by atoms with Crippen molar-refractivity contribution in [3.8, 4) is 6.07 Å². The molecule has 0 saturated carbocycles. The maximum absolute atomic E-state index is 9.38. The van der Waals surface area contributed by atoms with E-state index in [-0.39, 0.29) is 6.04 Å². The Labute approximate surface area is 190 Å². The third-order valence-electron chi connectivity index (χ3n) is 6.52. The minimum absolute atomic E-state index is 0.0188. The minimum Gasteiger partial charge on any atom is -0.362 e. The van der Waals surface area contributed by atoms with Crippen LogP contribution in [0.1, 0.15) is 49.2 Å². The molecular formula is C25H31N7. The summed E-state index contributed by atoms with van der Waals surface area (Å²) in [5.41, 5.74) is 3.64. The van der Waals surface area contributed by atoms with Gasteiger partial charge < -0.3 is 10.2 Å². The van der Waals surface area contributed by atoms with Crippen molar-refractivity contribution in [2.45, 2.75) is 46.7 Å². The standard InChI is InChI=1S/C25H31N7/c1-16(2)31-9-11-32(12-10-31)24-13-22-23(15-27-24)19(5)29-30-25(22)28-18(4)21-8-6-7-20(14-26)17(21)3/h6-8,13,15-16,18H,9-12H2,1-5H3,(H,28,30)/t18-/m1/s1. The summed E-state index contributed by atoms with van der Waals surface area (Å²) in [7, 11) is 0. The monoisotopic (exact) mass is 429 g/mol. The first-order chi connectivity index (χ1) is 15.4. The number of aryl methyl sites for hydroxylation is 1. The zero-order valence-electron chi connectivity index (χ0n) is 19.6. The van der Waals surface area contributed by atoms with Gasteiger partial charge in [-0.05, 0) is 57.9 Å². The fourth-order valence-corrected chi connectivity index (χ4v) is 4.43. The van der Waals surface area contributed by atoms with E-state index in [4.69, 9.17) is 4.98 Å². The molecule has 0 spiro atoms. The summed E-state index contributed by atoms with van der Waals surface area (Å²) in [5, 5.41) is 23.8. The summed E-state index contributed by atoms with van der Waals surface area (Å²) >= 11 is 0. The predicted octanol–water partition coefficient (Wildman–Crippen LogP) is 4.22. The molecule has 0 radical (unpaired) electrons. The van der Waals surface area contributed by atoms with Gasteiger partial charge in [-0.1, -0.05) is 12.1 Å². The van der Waals surface area contributed by atoms with Gasteiger partial charge in [0.1, 0.15) is 5.82 Å². The quantitative estimate of drug-likeness (QED) is 0.650. The molecule has 0 aliphatic carbocycles. The predicted molar refractivity (Wildman–Crippen MR) is 129 cm³/mol. The highest BCUT2D eigenvalue weighted by Gasteiger charge is 2.21. The van der Waals surface area contributed by atoms with Crippen molar-refractivity contribution in [2.24, 2.45) is 0 Å². The lowest BCUT2D eigenvalue weighted by molar-refractivity contribution is 0.209. The topological polar surface area (TPSA) is 81.0 Å². The van der Waals surface area contributed by atoms with Crippen LogP contribution in [0.15, 0.2) is 30.5 Å². The van der Waals surface area contributed by atoms with E-state index in [0.717, 1.165) is 65.4 Å². The molecule has 4 rings (SSSR count). The molecule has 0 amide bonds. The Bertz CT molecular complexity index is 1160. The molecular weight excluding hydrogens is 398 g/mol. The third-order valence-corrected chi connectivity index (χ3v) is 6.52. The van der Waals surface area contributed by atoms with Gasteiger partial charge in [0.15, 0.2) is 5.82 Å². The lowest BCUT2D eigenvalue weighted by atomic mass is 9.98. The van der Waals surface area contributed by atoms with Gasteiger partial charge in [0.2, 0.25) is 0 Å². The zero-order chi connectivity index (χ0) is 22.8. The van der Waals surface area contributed by atoms with Crippen LogP contribution < -0.4 is 10.2 Å². The minimum atomic E-state index is -0.0188. The van der Waals surface area contributed by atoms with Crippen LogP contribution in [0.3, 0.4) is 0 Å². The van der Waals surface area contributed by atoms with Crippen LogP contribution in [-0.2, 0) is 0 Å². The highest BCUT2D eigenvalue weighted by Crippen LogP contribution is 2.30. The van der Waals surface area contributed by atoms with Crippen LogP contribution in [-0.4, -0.2) is 52.3 Å². The van der Waals surface area contributed by atoms with Gasteiger partial charge in [-0.2, -0.15) is 10.4 Å². The van der Waals surface area contributed by atoms with E-state index in [1.54, 1.807) is 0 Å². The molecule has 2 aromatic heterocycles. The first-order valence-electron chi connectivity index (χ1n) is 11.3. The number of nitrogens with one attached hydrogen (secondary N) is 1. The van der Waals surface area contributed by atoms with Crippen LogP contribution >= 0.6 is 0 Å². The van der Waals surface area contributed by atoms with Gasteiger partial charge in [-0.3, -0.25) is 4.90 Å². The molecule has 1 aliphatic rings. The smallest absolute Gasteiger partial charge is 0.157 e. The fourth-order valence-electron chi connectivity index (χ4n) is 4.43. The van der Waals surface area contributed by atoms with Crippen LogP contribution in [0.25, 0.3) is 10.8 Å². The van der Waals surface area contributed by atoms with Crippen LogP contribution in [0, 0.1) is 25.2 Å². The Hall–Kier alpha value is -3.24. The SMILES string of the molecule is Cc1c(C#N)cccc1[C@@H](C)Nc1nnc(C)c2cnc(N3CCN(C(C)C)CC3)cc12. The molecule has 1 aliphatic heterocycles. The molecule has 0 unspecified atom stereocenters. The summed E-state index contributed by atoms with van der Waals surface area (Å²) < 4.78 is 0. The molecule has 1 fully saturated rings. The molecule has 32 heavy (non-hydrogen) atoms. The molecule has 7 nitrogen and oxygen atoms in total. The van der Waals surface area contributed by atoms with E-state index in [1.807, 2.05) is 32.2 Å². The zero-order valence-corrected chi connectivity index (χ0v) is 19.6. The van der Waals surface area contributed by atoms with Gasteiger partial charge in [0, 0.05) is 49.2 Å². The maximum atomic E-state index is 9.38. The number of pyridine rings is 1. The molecule has 3 aromatic rings. The summed E-state index contributed by atoms with van der Waals surface area (Å²) in [5.74, 6) is 1.72. The van der Waals surface area contributed by atoms with Crippen molar-refractivity contribution >= 4 is 22.4 Å². The van der Waals surface area contributed by atoms with Crippen molar-refractivity contribution in [1.29, 1.82) is 5.26 Å². The van der Waals surface area contributed by atoms with Gasteiger partial charge >= 0.3 is 0 Å². The second kappa shape index (κ2) is 9.09. The number of nitriles is 1. The van der Waals surface area contributed by atoms with Crippen molar-refractivity contribution in [3.05, 3.63) is 52.8 Å². The van der Waals surface area contributed by atoms with E-state index in [9.17, 15) is 5.26 Å². The number of hydrogen-bond donors (Lipinski definition) is 1. The lowest BCUT2D eigenvalue weighted by Crippen LogP contribution is -2.49. The molecule has 1 aromatic carbocycles. The molecule has 1 N–H and O–H groups in total. The third kappa shape index (κ3) is 4.23. The van der Waals surface area contributed by atoms with Crippen molar-refractivity contribution in [2.75, 3.05) is 36.4 Å². The Morgan fingerprint density at radius 3 is 2.47 bits per heavy atom. The first-order valence-corrected chi connectivity index (χ1v) is 11.3. The normalized spacial score (nSPS) is 15.7. The average molecular weight is 430 g/mol. The number of fused-ring (bicyclic) bond motifs is 1. The Morgan fingerprint density at radius 1 is 1.03 bits per heavy atom. The summed E-state index contributed by atoms with van der Waals surface area (Å²) in [6.07, 6.45) is 1.92. The largest absolute Gasteiger partial charge is 0.362 e. The highest BCUT2D eigenvalue weighted by atomic mass is 15.3. The van der Waals surface area contributed by atoms with Gasteiger partial charge in [0.25, 0.3) is 0 Å². The number of nitrogens with zero attached hydrogens (tertiary/aromatic N) is 6. The number of benzene rings is 1. The summed E-state index contributed by atoms with van der Waals surface area (Å²) in [6.45, 7) is 14.6. The second-order valence-electron chi connectivity index (χ2n) is 8.84. The number of anilines is 2. The Kier molecular flexibility index (Phi) is 6.24. The lowest BCUT2D eigenvalue weighted by Gasteiger charge is -2.37. The van der Waals surface area contributed by atoms with Gasteiger partial charge in [-0.15, -0.1) is 5.10 Å². The van der Waals surface area contributed by atoms with E-state index in [2.05, 4.69) is 64.3 Å². The van der Waals surface area contributed by atoms with Crippen LogP contribution in [0.4, 0.5) is 11.6 Å². The molecule has 166 valence electrons. The van der Waals surface area contributed by atoms with Gasteiger partial charge in [0.05, 0.1) is 23.4 Å². The van der Waals surface area contributed by atoms with Crippen molar-refractivity contribution in [1.82, 2.24) is 20.1 Å². The molecule has 1 saturated heterocycles. The van der Waals surface area contributed by atoms with Gasteiger partial charge in [-0.25, -0.2) is 4.98 Å². The fraction of sp³-hybridized carbons (Fsp3) is 0.440. The Morgan fingerprint density at radius 2 is 1.78 bits per heavy atom. The Balaban J connectivity index is 1.64. The summed E-state index contributed by atoms with van der Waals surface area (Å²) in [4.78, 5) is 9.60. The second-order valence-corrected chi connectivity index (χ2v) is 8.84. The van der Waals surface area contributed by atoms with Crippen LogP contribution in [0.2, 0.25) is 0 Å². The summed E-state index contributed by atoms with van der Waals surface area (Å²) in [6, 6.07) is 10.8. The van der Waals surface area contributed by atoms with Crippen molar-refractivity contribution in [3.63, 3.8) is 0 Å². The maximum Gasteiger partial charge on any atom is 0.157 e. The van der Waals surface area contributed by atoms with E-state index in [1.165, 1.54) is 0 Å². The molecule has 7 heteroatoms.